The first-order valence-corrected chi connectivity index (χ1v) is 9.33. The molecule has 2 amide bonds. The first-order valence-electron chi connectivity index (χ1n) is 9.33. The molecule has 0 saturated carbocycles. The van der Waals surface area contributed by atoms with Crippen LogP contribution in [-0.4, -0.2) is 30.6 Å². The van der Waals surface area contributed by atoms with Crippen molar-refractivity contribution in [2.45, 2.75) is 26.5 Å². The van der Waals surface area contributed by atoms with Crippen molar-refractivity contribution in [3.63, 3.8) is 0 Å². The van der Waals surface area contributed by atoms with Gasteiger partial charge >= 0.3 is 12.1 Å². The number of hydrogen-bond acceptors (Lipinski definition) is 6. The highest BCUT2D eigenvalue weighted by Crippen LogP contribution is 2.13. The lowest BCUT2D eigenvalue weighted by Gasteiger charge is -2.20. The summed E-state index contributed by atoms with van der Waals surface area (Å²) >= 11 is 0. The molecule has 0 saturated heterocycles. The minimum Gasteiger partial charge on any atom is -0.454 e. The van der Waals surface area contributed by atoms with Gasteiger partial charge in [0.2, 0.25) is 0 Å². The maximum atomic E-state index is 12.3. The summed E-state index contributed by atoms with van der Waals surface area (Å²) in [5.41, 5.74) is 1.43. The van der Waals surface area contributed by atoms with Crippen LogP contribution in [0.15, 0.2) is 54.6 Å². The summed E-state index contributed by atoms with van der Waals surface area (Å²) < 4.78 is 10.2. The highest BCUT2D eigenvalue weighted by atomic mass is 16.6. The van der Waals surface area contributed by atoms with E-state index in [1.165, 1.54) is 0 Å². The normalized spacial score (nSPS) is 11.1. The molecule has 156 valence electrons. The Balaban J connectivity index is 1.85. The zero-order valence-corrected chi connectivity index (χ0v) is 16.8. The lowest BCUT2D eigenvalue weighted by molar-refractivity contribution is -0.150. The second kappa shape index (κ2) is 11.2. The molecular formula is C22H23N3O5. The van der Waals surface area contributed by atoms with Crippen molar-refractivity contribution in [2.75, 3.05) is 11.9 Å². The van der Waals surface area contributed by atoms with Gasteiger partial charge in [-0.3, -0.25) is 4.79 Å². The third kappa shape index (κ3) is 6.95. The van der Waals surface area contributed by atoms with E-state index in [0.717, 1.165) is 5.56 Å². The van der Waals surface area contributed by atoms with E-state index in [4.69, 9.17) is 14.7 Å². The van der Waals surface area contributed by atoms with Crippen LogP contribution in [0, 0.1) is 17.2 Å². The number of amides is 2. The summed E-state index contributed by atoms with van der Waals surface area (Å²) in [6.07, 6.45) is -0.762. The van der Waals surface area contributed by atoms with Crippen molar-refractivity contribution >= 4 is 23.7 Å². The molecule has 0 bridgehead atoms. The van der Waals surface area contributed by atoms with E-state index in [9.17, 15) is 14.4 Å². The zero-order chi connectivity index (χ0) is 21.9. The number of hydrogen-bond donors (Lipinski definition) is 2. The molecule has 2 N–H and O–H groups in total. The first-order chi connectivity index (χ1) is 14.4. The van der Waals surface area contributed by atoms with Crippen LogP contribution in [0.3, 0.4) is 0 Å². The van der Waals surface area contributed by atoms with Crippen LogP contribution in [0.5, 0.6) is 0 Å². The summed E-state index contributed by atoms with van der Waals surface area (Å²) in [6.45, 7) is 2.97. The van der Waals surface area contributed by atoms with Gasteiger partial charge in [-0.15, -0.1) is 0 Å². The smallest absolute Gasteiger partial charge is 0.408 e. The van der Waals surface area contributed by atoms with Gasteiger partial charge in [0.15, 0.2) is 6.61 Å². The number of anilines is 1. The molecule has 0 aliphatic carbocycles. The van der Waals surface area contributed by atoms with Crippen molar-refractivity contribution in [3.8, 4) is 6.07 Å². The largest absolute Gasteiger partial charge is 0.454 e. The van der Waals surface area contributed by atoms with E-state index in [2.05, 4.69) is 10.6 Å². The van der Waals surface area contributed by atoms with Gasteiger partial charge in [-0.2, -0.15) is 5.26 Å². The van der Waals surface area contributed by atoms with Gasteiger partial charge in [0.1, 0.15) is 18.7 Å². The van der Waals surface area contributed by atoms with E-state index >= 15 is 0 Å². The molecule has 2 aromatic carbocycles. The van der Waals surface area contributed by atoms with E-state index in [1.54, 1.807) is 38.1 Å². The molecule has 0 aromatic heterocycles. The molecule has 0 unspecified atom stereocenters. The van der Waals surface area contributed by atoms with Crippen LogP contribution in [0.2, 0.25) is 0 Å². The zero-order valence-electron chi connectivity index (χ0n) is 16.8. The number of benzene rings is 2. The van der Waals surface area contributed by atoms with Crippen LogP contribution in [0.25, 0.3) is 0 Å². The van der Waals surface area contributed by atoms with Gasteiger partial charge in [-0.05, 0) is 23.6 Å². The number of esters is 1. The van der Waals surface area contributed by atoms with Crippen molar-refractivity contribution in [1.29, 1.82) is 5.26 Å². The highest BCUT2D eigenvalue weighted by molar-refractivity contribution is 5.94. The molecule has 1 atom stereocenters. The summed E-state index contributed by atoms with van der Waals surface area (Å²) in [7, 11) is 0. The van der Waals surface area contributed by atoms with Gasteiger partial charge in [0.05, 0.1) is 11.3 Å². The number of carbonyl (C=O) groups is 3. The molecule has 0 fully saturated rings. The van der Waals surface area contributed by atoms with Crippen LogP contribution in [-0.2, 0) is 25.7 Å². The monoisotopic (exact) mass is 409 g/mol. The van der Waals surface area contributed by atoms with E-state index < -0.39 is 30.6 Å². The van der Waals surface area contributed by atoms with Crippen molar-refractivity contribution < 1.29 is 23.9 Å². The second-order valence-corrected chi connectivity index (χ2v) is 6.74. The fourth-order valence-electron chi connectivity index (χ4n) is 2.49. The Bertz CT molecular complexity index is 922. The molecule has 0 heterocycles. The SMILES string of the molecule is CC(C)[C@H](NC(=O)OCc1ccccc1)C(=O)OCC(=O)Nc1ccccc1C#N. The lowest BCUT2D eigenvalue weighted by Crippen LogP contribution is -2.46. The van der Waals surface area contributed by atoms with Crippen LogP contribution in [0.1, 0.15) is 25.0 Å². The van der Waals surface area contributed by atoms with Crippen LogP contribution < -0.4 is 10.6 Å². The topological polar surface area (TPSA) is 118 Å². The summed E-state index contributed by atoms with van der Waals surface area (Å²) in [5.74, 6) is -1.64. The molecule has 0 aliphatic heterocycles. The summed E-state index contributed by atoms with van der Waals surface area (Å²) in [6, 6.07) is 16.6. The van der Waals surface area contributed by atoms with Gasteiger partial charge in [0.25, 0.3) is 5.91 Å². The number of nitrogens with one attached hydrogen (secondary N) is 2. The van der Waals surface area contributed by atoms with Crippen LogP contribution >= 0.6 is 0 Å². The van der Waals surface area contributed by atoms with Gasteiger partial charge in [-0.1, -0.05) is 56.3 Å². The molecule has 30 heavy (non-hydrogen) atoms. The van der Waals surface area contributed by atoms with E-state index in [1.807, 2.05) is 36.4 Å². The average molecular weight is 409 g/mol. The number of alkyl carbamates (subject to hydrolysis) is 1. The molecule has 2 rings (SSSR count). The number of rotatable bonds is 8. The fraction of sp³-hybridized carbons (Fsp3) is 0.273. The first kappa shape index (κ1) is 22.4. The number of ether oxygens (including phenoxy) is 2. The number of carbonyl (C=O) groups excluding carboxylic acids is 3. The average Bonchev–Trinajstić information content (AvgIpc) is 2.75. The number of para-hydroxylation sites is 1. The molecular weight excluding hydrogens is 386 g/mol. The van der Waals surface area contributed by atoms with Gasteiger partial charge in [0, 0.05) is 0 Å². The third-order valence-corrected chi connectivity index (χ3v) is 4.07. The molecule has 8 nitrogen and oxygen atoms in total. The Kier molecular flexibility index (Phi) is 8.39. The Labute approximate surface area is 174 Å². The Morgan fingerprint density at radius 2 is 1.67 bits per heavy atom. The Hall–Kier alpha value is -3.86. The predicted octanol–water partition coefficient (Wildman–Crippen LogP) is 2.99. The quantitative estimate of drug-likeness (QED) is 0.647. The maximum Gasteiger partial charge on any atom is 0.408 e. The van der Waals surface area contributed by atoms with Crippen molar-refractivity contribution in [3.05, 3.63) is 65.7 Å². The number of nitrogens with zero attached hydrogens (tertiary/aromatic N) is 1. The van der Waals surface area contributed by atoms with Gasteiger partial charge in [-0.25, -0.2) is 9.59 Å². The minimum absolute atomic E-state index is 0.0627. The predicted molar refractivity (Wildman–Crippen MR) is 109 cm³/mol. The molecule has 8 heteroatoms. The van der Waals surface area contributed by atoms with Gasteiger partial charge < -0.3 is 20.1 Å². The summed E-state index contributed by atoms with van der Waals surface area (Å²) in [5, 5.41) is 14.0. The fourth-order valence-corrected chi connectivity index (χ4v) is 2.49. The standard InChI is InChI=1S/C22H23N3O5/c1-15(2)20(25-22(28)30-13-16-8-4-3-5-9-16)21(27)29-14-19(26)24-18-11-7-6-10-17(18)12-23/h3-11,15,20H,13-14H2,1-2H3,(H,24,26)(H,25,28)/t20-/m0/s1. The van der Waals surface area contributed by atoms with E-state index in [0.29, 0.717) is 11.3 Å². The number of nitriles is 1. The van der Waals surface area contributed by atoms with Crippen LogP contribution in [0.4, 0.5) is 10.5 Å². The minimum atomic E-state index is -0.979. The highest BCUT2D eigenvalue weighted by Gasteiger charge is 2.27. The molecule has 0 spiro atoms. The Morgan fingerprint density at radius 1 is 1.00 bits per heavy atom. The lowest BCUT2D eigenvalue weighted by atomic mass is 10.1. The maximum absolute atomic E-state index is 12.3. The summed E-state index contributed by atoms with van der Waals surface area (Å²) in [4.78, 5) is 36.4. The van der Waals surface area contributed by atoms with Crippen molar-refractivity contribution in [2.24, 2.45) is 5.92 Å². The second-order valence-electron chi connectivity index (χ2n) is 6.74. The van der Waals surface area contributed by atoms with E-state index in [-0.39, 0.29) is 12.5 Å². The molecule has 0 radical (unpaired) electrons. The van der Waals surface area contributed by atoms with Crippen molar-refractivity contribution in [1.82, 2.24) is 5.32 Å². The molecule has 0 aliphatic rings. The molecule has 2 aromatic rings. The third-order valence-electron chi connectivity index (χ3n) is 4.07. The Morgan fingerprint density at radius 3 is 2.33 bits per heavy atom.